The lowest BCUT2D eigenvalue weighted by molar-refractivity contribution is -0.122. The van der Waals surface area contributed by atoms with Crippen LogP contribution in [0.15, 0.2) is 90.0 Å². The van der Waals surface area contributed by atoms with Crippen LogP contribution < -0.4 is 10.0 Å². The van der Waals surface area contributed by atoms with Crippen molar-refractivity contribution >= 4 is 38.4 Å². The summed E-state index contributed by atoms with van der Waals surface area (Å²) in [6, 6.07) is 22.0. The first-order valence-electron chi connectivity index (χ1n) is 10.1. The molecule has 0 bridgehead atoms. The van der Waals surface area contributed by atoms with Crippen LogP contribution in [0.1, 0.15) is 11.1 Å². The predicted octanol–water partition coefficient (Wildman–Crippen LogP) is 4.03. The molecule has 0 unspecified atom stereocenters. The van der Waals surface area contributed by atoms with Crippen molar-refractivity contribution in [2.75, 3.05) is 0 Å². The topological polar surface area (TPSA) is 91.1 Å². The predicted molar refractivity (Wildman–Crippen MR) is 126 cm³/mol. The average Bonchev–Trinajstić information content (AvgIpc) is 3.21. The van der Waals surface area contributed by atoms with Crippen molar-refractivity contribution in [2.45, 2.75) is 23.9 Å². The average molecular weight is 468 g/mol. The zero-order valence-corrected chi connectivity index (χ0v) is 18.7. The van der Waals surface area contributed by atoms with Crippen molar-refractivity contribution in [3.8, 4) is 0 Å². The third kappa shape index (κ3) is 5.19. The number of fused-ring (bicyclic) bond motifs is 1. The number of aromatic nitrogens is 1. The molecule has 0 aliphatic carbocycles. The molecule has 0 aliphatic heterocycles. The Bertz CT molecular complexity index is 1320. The fraction of sp³-hybridized carbons (Fsp3) is 0.125. The van der Waals surface area contributed by atoms with Crippen molar-refractivity contribution in [3.05, 3.63) is 101 Å². The van der Waals surface area contributed by atoms with Gasteiger partial charge in [-0.15, -0.1) is 0 Å². The number of carbonyl (C=O) groups is 1. The van der Waals surface area contributed by atoms with E-state index in [1.807, 2.05) is 54.6 Å². The second-order valence-electron chi connectivity index (χ2n) is 7.39. The highest BCUT2D eigenvalue weighted by atomic mass is 35.5. The van der Waals surface area contributed by atoms with Crippen LogP contribution in [-0.4, -0.2) is 25.4 Å². The van der Waals surface area contributed by atoms with E-state index >= 15 is 0 Å². The highest BCUT2D eigenvalue weighted by Gasteiger charge is 2.27. The first-order valence-corrected chi connectivity index (χ1v) is 11.9. The number of para-hydroxylation sites is 1. The summed E-state index contributed by atoms with van der Waals surface area (Å²) >= 11 is 5.88. The summed E-state index contributed by atoms with van der Waals surface area (Å²) in [5, 5.41) is 4.22. The Hall–Kier alpha value is -3.13. The van der Waals surface area contributed by atoms with E-state index in [2.05, 4.69) is 15.0 Å². The molecule has 1 amide bonds. The Balaban J connectivity index is 1.59. The van der Waals surface area contributed by atoms with Crippen molar-refractivity contribution < 1.29 is 13.2 Å². The van der Waals surface area contributed by atoms with Gasteiger partial charge in [-0.2, -0.15) is 4.72 Å². The zero-order chi connectivity index (χ0) is 22.6. The van der Waals surface area contributed by atoms with E-state index in [9.17, 15) is 13.2 Å². The molecule has 1 heterocycles. The number of hydrogen-bond acceptors (Lipinski definition) is 3. The summed E-state index contributed by atoms with van der Waals surface area (Å²) in [5.74, 6) is -0.406. The molecule has 0 radical (unpaired) electrons. The molecule has 164 valence electrons. The highest BCUT2D eigenvalue weighted by molar-refractivity contribution is 7.89. The molecule has 32 heavy (non-hydrogen) atoms. The number of hydrogen-bond donors (Lipinski definition) is 3. The SMILES string of the molecule is O=C(NCc1ccccc1)[C@@H](Cc1c[nH]c2ccccc12)NS(=O)(=O)c1ccc(Cl)cc1. The molecule has 4 aromatic rings. The van der Waals surface area contributed by atoms with Gasteiger partial charge in [-0.3, -0.25) is 4.79 Å². The van der Waals surface area contributed by atoms with E-state index in [4.69, 9.17) is 11.6 Å². The van der Waals surface area contributed by atoms with Gasteiger partial charge in [0, 0.05) is 28.7 Å². The van der Waals surface area contributed by atoms with E-state index < -0.39 is 22.0 Å². The maximum Gasteiger partial charge on any atom is 0.241 e. The Labute approximate surface area is 191 Å². The van der Waals surface area contributed by atoms with Crippen LogP contribution in [0.4, 0.5) is 0 Å². The molecule has 6 nitrogen and oxygen atoms in total. The molecule has 0 saturated carbocycles. The van der Waals surface area contributed by atoms with Gasteiger partial charge in [0.1, 0.15) is 6.04 Å². The lowest BCUT2D eigenvalue weighted by Gasteiger charge is -2.19. The van der Waals surface area contributed by atoms with Gasteiger partial charge in [0.05, 0.1) is 4.90 Å². The summed E-state index contributed by atoms with van der Waals surface area (Å²) in [5.41, 5.74) is 2.69. The minimum Gasteiger partial charge on any atom is -0.361 e. The molecular formula is C24H22ClN3O3S. The molecule has 0 aliphatic rings. The van der Waals surface area contributed by atoms with Crippen LogP contribution in [0.2, 0.25) is 5.02 Å². The van der Waals surface area contributed by atoms with Crippen LogP contribution in [0, 0.1) is 0 Å². The Morgan fingerprint density at radius 2 is 1.62 bits per heavy atom. The minimum atomic E-state index is -3.94. The van der Waals surface area contributed by atoms with Gasteiger partial charge in [-0.25, -0.2) is 8.42 Å². The molecule has 8 heteroatoms. The third-order valence-corrected chi connectivity index (χ3v) is 6.89. The molecule has 1 atom stereocenters. The number of sulfonamides is 1. The van der Waals surface area contributed by atoms with Gasteiger partial charge in [-0.1, -0.05) is 60.1 Å². The quantitative estimate of drug-likeness (QED) is 0.365. The first kappa shape index (κ1) is 22.1. The van der Waals surface area contributed by atoms with Gasteiger partial charge in [0.25, 0.3) is 0 Å². The van der Waals surface area contributed by atoms with Crippen LogP contribution in [0.3, 0.4) is 0 Å². The monoisotopic (exact) mass is 467 g/mol. The van der Waals surface area contributed by atoms with Crippen molar-refractivity contribution in [1.82, 2.24) is 15.0 Å². The number of aromatic amines is 1. The largest absolute Gasteiger partial charge is 0.361 e. The van der Waals surface area contributed by atoms with Crippen LogP contribution in [-0.2, 0) is 27.8 Å². The van der Waals surface area contributed by atoms with Gasteiger partial charge in [0.2, 0.25) is 15.9 Å². The summed E-state index contributed by atoms with van der Waals surface area (Å²) in [7, 11) is -3.94. The third-order valence-electron chi connectivity index (χ3n) is 5.15. The minimum absolute atomic E-state index is 0.0432. The van der Waals surface area contributed by atoms with Gasteiger partial charge >= 0.3 is 0 Å². The summed E-state index contributed by atoms with van der Waals surface area (Å²) in [4.78, 5) is 16.3. The Morgan fingerprint density at radius 1 is 0.938 bits per heavy atom. The first-order chi connectivity index (χ1) is 15.4. The number of amides is 1. The molecule has 0 spiro atoms. The standard InChI is InChI=1S/C24H22ClN3O3S/c25-19-10-12-20(13-11-19)32(30,31)28-23(24(29)27-15-17-6-2-1-3-7-17)14-18-16-26-22-9-5-4-8-21(18)22/h1-13,16,23,26,28H,14-15H2,(H,27,29)/t23-/m1/s1. The fourth-order valence-corrected chi connectivity index (χ4v) is 4.81. The Morgan fingerprint density at radius 3 is 2.38 bits per heavy atom. The molecule has 3 aromatic carbocycles. The second-order valence-corrected chi connectivity index (χ2v) is 9.55. The van der Waals surface area contributed by atoms with E-state index in [1.165, 1.54) is 24.3 Å². The summed E-state index contributed by atoms with van der Waals surface area (Å²) in [6.45, 7) is 0.298. The molecule has 4 rings (SSSR count). The molecule has 1 aromatic heterocycles. The number of carbonyl (C=O) groups excluding carboxylic acids is 1. The number of halogens is 1. The number of benzene rings is 3. The van der Waals surface area contributed by atoms with Crippen molar-refractivity contribution in [1.29, 1.82) is 0 Å². The molecule has 0 saturated heterocycles. The number of rotatable bonds is 8. The zero-order valence-electron chi connectivity index (χ0n) is 17.1. The number of H-pyrrole nitrogens is 1. The van der Waals surface area contributed by atoms with E-state index in [0.717, 1.165) is 22.0 Å². The van der Waals surface area contributed by atoms with Crippen LogP contribution >= 0.6 is 11.6 Å². The lowest BCUT2D eigenvalue weighted by Crippen LogP contribution is -2.47. The van der Waals surface area contributed by atoms with Crippen molar-refractivity contribution in [3.63, 3.8) is 0 Å². The van der Waals surface area contributed by atoms with Crippen molar-refractivity contribution in [2.24, 2.45) is 0 Å². The lowest BCUT2D eigenvalue weighted by atomic mass is 10.0. The maximum absolute atomic E-state index is 13.1. The van der Waals surface area contributed by atoms with Gasteiger partial charge in [0.15, 0.2) is 0 Å². The van der Waals surface area contributed by atoms with E-state index in [1.54, 1.807) is 6.20 Å². The maximum atomic E-state index is 13.1. The van der Waals surface area contributed by atoms with E-state index in [-0.39, 0.29) is 11.3 Å². The fourth-order valence-electron chi connectivity index (χ4n) is 3.49. The normalized spacial score (nSPS) is 12.5. The van der Waals surface area contributed by atoms with E-state index in [0.29, 0.717) is 11.6 Å². The highest BCUT2D eigenvalue weighted by Crippen LogP contribution is 2.20. The number of nitrogens with one attached hydrogen (secondary N) is 3. The van der Waals surface area contributed by atoms with Gasteiger partial charge in [-0.05, 0) is 47.9 Å². The Kier molecular flexibility index (Phi) is 6.60. The smallest absolute Gasteiger partial charge is 0.241 e. The summed E-state index contributed by atoms with van der Waals surface area (Å²) < 4.78 is 28.5. The van der Waals surface area contributed by atoms with Crippen LogP contribution in [0.5, 0.6) is 0 Å². The summed E-state index contributed by atoms with van der Waals surface area (Å²) in [6.07, 6.45) is 2.00. The molecule has 3 N–H and O–H groups in total. The second kappa shape index (κ2) is 9.56. The molecule has 0 fully saturated rings. The molecular weight excluding hydrogens is 446 g/mol. The van der Waals surface area contributed by atoms with Crippen LogP contribution in [0.25, 0.3) is 10.9 Å². The van der Waals surface area contributed by atoms with Gasteiger partial charge < -0.3 is 10.3 Å².